The molecule has 114 valence electrons. The Labute approximate surface area is 126 Å². The van der Waals surface area contributed by atoms with E-state index in [1.807, 2.05) is 20.1 Å². The number of rotatable bonds is 9. The molecule has 0 spiro atoms. The highest BCUT2D eigenvalue weighted by atomic mass is 32.2. The number of anilines is 1. The van der Waals surface area contributed by atoms with Gasteiger partial charge in [0.1, 0.15) is 0 Å². The molecule has 0 aliphatic heterocycles. The third-order valence-corrected chi connectivity index (χ3v) is 4.95. The Hall–Kier alpha value is -0.790. The summed E-state index contributed by atoms with van der Waals surface area (Å²) in [4.78, 5) is 4.01. The van der Waals surface area contributed by atoms with Gasteiger partial charge in [-0.3, -0.25) is 0 Å². The van der Waals surface area contributed by atoms with Crippen molar-refractivity contribution in [1.82, 2.24) is 9.71 Å². The maximum absolute atomic E-state index is 12.3. The molecule has 7 heteroatoms. The van der Waals surface area contributed by atoms with Crippen LogP contribution in [0, 0.1) is 5.92 Å². The maximum atomic E-state index is 12.3. The fraction of sp³-hybridized carbons (Fsp3) is 0.615. The van der Waals surface area contributed by atoms with Crippen LogP contribution in [0.3, 0.4) is 0 Å². The van der Waals surface area contributed by atoms with Gasteiger partial charge in [-0.15, -0.1) is 0 Å². The summed E-state index contributed by atoms with van der Waals surface area (Å²) in [6.07, 6.45) is 4.43. The number of nitrogens with zero attached hydrogens (tertiary/aromatic N) is 1. The summed E-state index contributed by atoms with van der Waals surface area (Å²) in [6.45, 7) is 5.19. The quantitative estimate of drug-likeness (QED) is 0.730. The Morgan fingerprint density at radius 1 is 1.45 bits per heavy atom. The number of thioether (sulfide) groups is 1. The summed E-state index contributed by atoms with van der Waals surface area (Å²) in [5, 5.41) is 3.17. The molecule has 2 N–H and O–H groups in total. The van der Waals surface area contributed by atoms with E-state index in [2.05, 4.69) is 15.0 Å². The van der Waals surface area contributed by atoms with Gasteiger partial charge in [0.2, 0.25) is 0 Å². The Bertz CT molecular complexity index is 506. The fourth-order valence-electron chi connectivity index (χ4n) is 1.66. The first kappa shape index (κ1) is 17.3. The molecule has 0 aliphatic rings. The van der Waals surface area contributed by atoms with Crippen molar-refractivity contribution in [2.45, 2.75) is 25.3 Å². The van der Waals surface area contributed by atoms with Gasteiger partial charge in [-0.2, -0.15) is 11.8 Å². The molecule has 0 saturated heterocycles. The van der Waals surface area contributed by atoms with E-state index < -0.39 is 10.0 Å². The summed E-state index contributed by atoms with van der Waals surface area (Å²) < 4.78 is 27.2. The standard InChI is InChI=1S/C13H23N3O2S2/c1-4-7-14-12-6-5-8-15-13(12)20(17,18)16-9-11(2)10-19-3/h5-6,8,11,14,16H,4,7,9-10H2,1-3H3. The van der Waals surface area contributed by atoms with Crippen LogP contribution < -0.4 is 10.0 Å². The van der Waals surface area contributed by atoms with Gasteiger partial charge in [-0.25, -0.2) is 18.1 Å². The SMILES string of the molecule is CCCNc1cccnc1S(=O)(=O)NCC(C)CSC. The second-order valence-corrected chi connectivity index (χ2v) is 7.29. The molecule has 1 heterocycles. The van der Waals surface area contributed by atoms with Gasteiger partial charge < -0.3 is 5.32 Å². The topological polar surface area (TPSA) is 71.1 Å². The lowest BCUT2D eigenvalue weighted by Crippen LogP contribution is -2.30. The Morgan fingerprint density at radius 3 is 2.85 bits per heavy atom. The van der Waals surface area contributed by atoms with E-state index in [1.165, 1.54) is 6.20 Å². The Morgan fingerprint density at radius 2 is 2.20 bits per heavy atom. The number of hydrogen-bond donors (Lipinski definition) is 2. The fourth-order valence-corrected chi connectivity index (χ4v) is 3.62. The van der Waals surface area contributed by atoms with Gasteiger partial charge >= 0.3 is 0 Å². The molecular weight excluding hydrogens is 294 g/mol. The molecule has 0 bridgehead atoms. The van der Waals surface area contributed by atoms with Gasteiger partial charge in [0.25, 0.3) is 10.0 Å². The molecule has 20 heavy (non-hydrogen) atoms. The molecule has 5 nitrogen and oxygen atoms in total. The van der Waals surface area contributed by atoms with Gasteiger partial charge in [-0.1, -0.05) is 13.8 Å². The molecule has 0 radical (unpaired) electrons. The molecular formula is C13H23N3O2S2. The zero-order chi connectivity index (χ0) is 15.0. The average Bonchev–Trinajstić information content (AvgIpc) is 2.44. The van der Waals surface area contributed by atoms with Crippen LogP contribution >= 0.6 is 11.8 Å². The highest BCUT2D eigenvalue weighted by molar-refractivity contribution is 7.98. The van der Waals surface area contributed by atoms with Crippen LogP contribution in [0.15, 0.2) is 23.4 Å². The molecule has 1 rings (SSSR count). The van der Waals surface area contributed by atoms with Crippen LogP contribution in [-0.4, -0.2) is 38.5 Å². The molecule has 1 aromatic heterocycles. The number of aromatic nitrogens is 1. The van der Waals surface area contributed by atoms with Crippen LogP contribution in [0.2, 0.25) is 0 Å². The van der Waals surface area contributed by atoms with E-state index in [4.69, 9.17) is 0 Å². The summed E-state index contributed by atoms with van der Waals surface area (Å²) in [5.74, 6) is 1.21. The van der Waals surface area contributed by atoms with Crippen molar-refractivity contribution in [3.8, 4) is 0 Å². The average molecular weight is 317 g/mol. The third kappa shape index (κ3) is 5.30. The first-order valence-electron chi connectivity index (χ1n) is 6.68. The van der Waals surface area contributed by atoms with Gasteiger partial charge in [0.15, 0.2) is 5.03 Å². The van der Waals surface area contributed by atoms with E-state index in [-0.39, 0.29) is 10.9 Å². The predicted molar refractivity (Wildman–Crippen MR) is 85.8 cm³/mol. The van der Waals surface area contributed by atoms with Crippen molar-refractivity contribution in [2.24, 2.45) is 5.92 Å². The summed E-state index contributed by atoms with van der Waals surface area (Å²) in [5.41, 5.74) is 0.555. The number of nitrogens with one attached hydrogen (secondary N) is 2. The van der Waals surface area contributed by atoms with Crippen molar-refractivity contribution in [2.75, 3.05) is 30.4 Å². The van der Waals surface area contributed by atoms with Crippen LogP contribution in [0.5, 0.6) is 0 Å². The van der Waals surface area contributed by atoms with Crippen molar-refractivity contribution < 1.29 is 8.42 Å². The van der Waals surface area contributed by atoms with E-state index in [1.54, 1.807) is 23.9 Å². The summed E-state index contributed by atoms with van der Waals surface area (Å²) in [6, 6.07) is 3.47. The van der Waals surface area contributed by atoms with E-state index in [0.29, 0.717) is 12.2 Å². The van der Waals surface area contributed by atoms with E-state index in [9.17, 15) is 8.42 Å². The minimum Gasteiger partial charge on any atom is -0.383 e. The highest BCUT2D eigenvalue weighted by Gasteiger charge is 2.20. The second-order valence-electron chi connectivity index (χ2n) is 4.70. The minimum atomic E-state index is -3.57. The number of sulfonamides is 1. The molecule has 0 amide bonds. The zero-order valence-electron chi connectivity index (χ0n) is 12.2. The molecule has 1 unspecified atom stereocenters. The lowest BCUT2D eigenvalue weighted by Gasteiger charge is -2.14. The Kier molecular flexibility index (Phi) is 7.32. The third-order valence-electron chi connectivity index (χ3n) is 2.66. The second kappa shape index (κ2) is 8.49. The summed E-state index contributed by atoms with van der Waals surface area (Å²) in [7, 11) is -3.57. The van der Waals surface area contributed by atoms with Gasteiger partial charge in [-0.05, 0) is 36.5 Å². The first-order valence-corrected chi connectivity index (χ1v) is 9.56. The van der Waals surface area contributed by atoms with Crippen LogP contribution in [0.25, 0.3) is 0 Å². The highest BCUT2D eigenvalue weighted by Crippen LogP contribution is 2.18. The van der Waals surface area contributed by atoms with Crippen molar-refractivity contribution in [3.63, 3.8) is 0 Å². The molecule has 0 saturated carbocycles. The zero-order valence-corrected chi connectivity index (χ0v) is 13.9. The van der Waals surface area contributed by atoms with Crippen molar-refractivity contribution in [3.05, 3.63) is 18.3 Å². The smallest absolute Gasteiger partial charge is 0.260 e. The van der Waals surface area contributed by atoms with E-state index >= 15 is 0 Å². The molecule has 1 aromatic rings. The summed E-state index contributed by atoms with van der Waals surface area (Å²) >= 11 is 1.71. The monoisotopic (exact) mass is 317 g/mol. The van der Waals surface area contributed by atoms with Gasteiger partial charge in [0.05, 0.1) is 5.69 Å². The van der Waals surface area contributed by atoms with Gasteiger partial charge in [0, 0.05) is 19.3 Å². The van der Waals surface area contributed by atoms with Crippen molar-refractivity contribution >= 4 is 27.5 Å². The maximum Gasteiger partial charge on any atom is 0.260 e. The lowest BCUT2D eigenvalue weighted by molar-refractivity contribution is 0.559. The Balaban J connectivity index is 2.81. The molecule has 0 aliphatic carbocycles. The van der Waals surface area contributed by atoms with E-state index in [0.717, 1.165) is 18.7 Å². The predicted octanol–water partition coefficient (Wildman–Crippen LogP) is 2.18. The van der Waals surface area contributed by atoms with Crippen LogP contribution in [0.4, 0.5) is 5.69 Å². The van der Waals surface area contributed by atoms with Crippen molar-refractivity contribution in [1.29, 1.82) is 0 Å². The van der Waals surface area contributed by atoms with Crippen LogP contribution in [0.1, 0.15) is 20.3 Å². The molecule has 0 aromatic carbocycles. The number of pyridine rings is 1. The normalized spacial score (nSPS) is 13.2. The minimum absolute atomic E-state index is 0.0739. The first-order chi connectivity index (χ1) is 9.51. The van der Waals surface area contributed by atoms with Crippen LogP contribution in [-0.2, 0) is 10.0 Å². The molecule has 1 atom stereocenters. The molecule has 0 fully saturated rings. The lowest BCUT2D eigenvalue weighted by atomic mass is 10.2. The number of hydrogen-bond acceptors (Lipinski definition) is 5. The largest absolute Gasteiger partial charge is 0.383 e.